The molecule has 1 saturated carbocycles. The average molecular weight is 405 g/mol. The lowest BCUT2D eigenvalue weighted by Crippen LogP contribution is -2.21. The zero-order chi connectivity index (χ0) is 20.5. The van der Waals surface area contributed by atoms with Crippen molar-refractivity contribution < 1.29 is 4.39 Å². The summed E-state index contributed by atoms with van der Waals surface area (Å²) in [6, 6.07) is 10.7. The Bertz CT molecular complexity index is 1230. The number of hydrogen-bond donors (Lipinski definition) is 3. The molecule has 0 aliphatic heterocycles. The van der Waals surface area contributed by atoms with Gasteiger partial charge in [0.25, 0.3) is 5.56 Å². The molecule has 0 spiro atoms. The van der Waals surface area contributed by atoms with E-state index < -0.39 is 5.82 Å². The van der Waals surface area contributed by atoms with Crippen LogP contribution >= 0.6 is 0 Å². The number of aromatic nitrogens is 5. The topological polar surface area (TPSA) is 101 Å². The van der Waals surface area contributed by atoms with E-state index in [0.29, 0.717) is 17.1 Å². The molecule has 0 unspecified atom stereocenters. The zero-order valence-electron chi connectivity index (χ0n) is 16.0. The van der Waals surface area contributed by atoms with Crippen LogP contribution in [0.4, 0.5) is 16.2 Å². The van der Waals surface area contributed by atoms with Crippen molar-refractivity contribution in [1.29, 1.82) is 0 Å². The Hall–Kier alpha value is -3.75. The van der Waals surface area contributed by atoms with Gasteiger partial charge in [-0.2, -0.15) is 0 Å². The van der Waals surface area contributed by atoms with Gasteiger partial charge in [0.1, 0.15) is 17.2 Å². The Morgan fingerprint density at radius 1 is 1.07 bits per heavy atom. The summed E-state index contributed by atoms with van der Waals surface area (Å²) in [6.45, 7) is 0. The van der Waals surface area contributed by atoms with E-state index >= 15 is 0 Å². The second-order valence-corrected chi connectivity index (χ2v) is 7.41. The van der Waals surface area contributed by atoms with Gasteiger partial charge in [-0.05, 0) is 37.5 Å². The van der Waals surface area contributed by atoms with E-state index in [0.717, 1.165) is 30.8 Å². The number of H-pyrrole nitrogens is 1. The smallest absolute Gasteiger partial charge is 0.255 e. The zero-order valence-corrected chi connectivity index (χ0v) is 16.0. The molecule has 1 aliphatic carbocycles. The van der Waals surface area contributed by atoms with E-state index in [1.807, 2.05) is 18.2 Å². The second kappa shape index (κ2) is 7.58. The van der Waals surface area contributed by atoms with Crippen molar-refractivity contribution in [1.82, 2.24) is 24.5 Å². The average Bonchev–Trinajstić information content (AvgIpc) is 3.35. The fourth-order valence-electron chi connectivity index (χ4n) is 3.84. The minimum absolute atomic E-state index is 0.0896. The molecule has 5 rings (SSSR count). The highest BCUT2D eigenvalue weighted by Gasteiger charge is 2.25. The largest absolute Gasteiger partial charge is 0.367 e. The third-order valence-corrected chi connectivity index (χ3v) is 5.28. The molecule has 152 valence electrons. The van der Waals surface area contributed by atoms with Crippen LogP contribution < -0.4 is 16.2 Å². The van der Waals surface area contributed by atoms with Crippen molar-refractivity contribution in [3.8, 4) is 5.69 Å². The quantitative estimate of drug-likeness (QED) is 0.472. The number of anilines is 2. The van der Waals surface area contributed by atoms with Gasteiger partial charge in [-0.1, -0.05) is 6.07 Å². The summed E-state index contributed by atoms with van der Waals surface area (Å²) in [5, 5.41) is 6.83. The molecule has 8 nitrogen and oxygen atoms in total. The molecule has 4 aromatic rings. The maximum atomic E-state index is 13.3. The standard InChI is InChI=1S/C21H20FN7O/c22-13-9-17-20(24-11-13)28-21(27-17)26-15-5-4-14(10-15)25-18-7-6-16(12-23-18)29-8-2-1-3-19(29)30/h1-3,6-9,11-12,14-15H,4-5,10H2,(H,23,25)(H2,24,26,27,28)/t14-,15-/m0/s1. The fourth-order valence-corrected chi connectivity index (χ4v) is 3.84. The minimum Gasteiger partial charge on any atom is -0.367 e. The maximum Gasteiger partial charge on any atom is 0.255 e. The summed E-state index contributed by atoms with van der Waals surface area (Å²) in [4.78, 5) is 27.8. The second-order valence-electron chi connectivity index (χ2n) is 7.41. The molecule has 9 heteroatoms. The van der Waals surface area contributed by atoms with Crippen molar-refractivity contribution in [2.75, 3.05) is 10.6 Å². The molecule has 1 fully saturated rings. The Kier molecular flexibility index (Phi) is 4.62. The summed E-state index contributed by atoms with van der Waals surface area (Å²) < 4.78 is 14.8. The third kappa shape index (κ3) is 3.73. The molecular weight excluding hydrogens is 385 g/mol. The Labute approximate surface area is 171 Å². The van der Waals surface area contributed by atoms with Gasteiger partial charge in [-0.25, -0.2) is 19.3 Å². The number of nitrogens with one attached hydrogen (secondary N) is 3. The van der Waals surface area contributed by atoms with Crippen LogP contribution in [0.25, 0.3) is 16.9 Å². The Balaban J connectivity index is 1.21. The van der Waals surface area contributed by atoms with E-state index in [1.54, 1.807) is 23.0 Å². The SMILES string of the molecule is O=c1ccccn1-c1ccc(N[C@H]2CC[C@H](Nc3nc4cc(F)cnc4[nH]3)C2)nc1. The summed E-state index contributed by atoms with van der Waals surface area (Å²) in [5.41, 5.74) is 1.71. The van der Waals surface area contributed by atoms with Crippen LogP contribution in [0.3, 0.4) is 0 Å². The molecule has 0 aromatic carbocycles. The molecule has 3 N–H and O–H groups in total. The molecule has 0 amide bonds. The first kappa shape index (κ1) is 18.3. The minimum atomic E-state index is -0.402. The van der Waals surface area contributed by atoms with Crippen molar-refractivity contribution in [3.05, 3.63) is 71.2 Å². The van der Waals surface area contributed by atoms with Gasteiger partial charge < -0.3 is 15.6 Å². The van der Waals surface area contributed by atoms with Crippen LogP contribution in [-0.4, -0.2) is 36.6 Å². The summed E-state index contributed by atoms with van der Waals surface area (Å²) in [6.07, 6.45) is 7.46. The third-order valence-electron chi connectivity index (χ3n) is 5.28. The van der Waals surface area contributed by atoms with E-state index in [-0.39, 0.29) is 17.6 Å². The number of aromatic amines is 1. The van der Waals surface area contributed by atoms with Crippen LogP contribution in [0, 0.1) is 5.82 Å². The van der Waals surface area contributed by atoms with Gasteiger partial charge in [0.05, 0.1) is 18.1 Å². The summed E-state index contributed by atoms with van der Waals surface area (Å²) >= 11 is 0. The number of hydrogen-bond acceptors (Lipinski definition) is 6. The van der Waals surface area contributed by atoms with Crippen molar-refractivity contribution in [2.24, 2.45) is 0 Å². The number of imidazole rings is 1. The van der Waals surface area contributed by atoms with Gasteiger partial charge in [0, 0.05) is 30.4 Å². The van der Waals surface area contributed by atoms with Gasteiger partial charge in [0.15, 0.2) is 5.65 Å². The first-order chi connectivity index (χ1) is 14.6. The molecule has 4 heterocycles. The lowest BCUT2D eigenvalue weighted by Gasteiger charge is -2.15. The number of fused-ring (bicyclic) bond motifs is 1. The molecule has 4 aromatic heterocycles. The van der Waals surface area contributed by atoms with Crippen molar-refractivity contribution in [3.63, 3.8) is 0 Å². The normalized spacial score (nSPS) is 18.6. The number of rotatable bonds is 5. The number of pyridine rings is 3. The van der Waals surface area contributed by atoms with Crippen LogP contribution in [0.5, 0.6) is 0 Å². The van der Waals surface area contributed by atoms with Gasteiger partial charge in [-0.3, -0.25) is 9.36 Å². The highest BCUT2D eigenvalue weighted by molar-refractivity contribution is 5.73. The number of nitrogens with zero attached hydrogens (tertiary/aromatic N) is 4. The van der Waals surface area contributed by atoms with Gasteiger partial charge in [-0.15, -0.1) is 0 Å². The molecule has 0 saturated heterocycles. The molecule has 2 atom stereocenters. The van der Waals surface area contributed by atoms with Crippen LogP contribution in [0.15, 0.2) is 59.8 Å². The first-order valence-electron chi connectivity index (χ1n) is 9.82. The monoisotopic (exact) mass is 405 g/mol. The lowest BCUT2D eigenvalue weighted by molar-refractivity contribution is 0.624. The molecule has 0 bridgehead atoms. The first-order valence-corrected chi connectivity index (χ1v) is 9.82. The van der Waals surface area contributed by atoms with Crippen molar-refractivity contribution >= 4 is 22.9 Å². The van der Waals surface area contributed by atoms with E-state index in [1.165, 1.54) is 18.3 Å². The summed E-state index contributed by atoms with van der Waals surface area (Å²) in [7, 11) is 0. The highest BCUT2D eigenvalue weighted by atomic mass is 19.1. The van der Waals surface area contributed by atoms with E-state index in [4.69, 9.17) is 0 Å². The number of halogens is 1. The molecule has 1 aliphatic rings. The van der Waals surface area contributed by atoms with Gasteiger partial charge in [0.2, 0.25) is 5.95 Å². The summed E-state index contributed by atoms with van der Waals surface area (Å²) in [5.74, 6) is 0.975. The molecule has 30 heavy (non-hydrogen) atoms. The van der Waals surface area contributed by atoms with Crippen LogP contribution in [0.1, 0.15) is 19.3 Å². The van der Waals surface area contributed by atoms with Gasteiger partial charge >= 0.3 is 0 Å². The Morgan fingerprint density at radius 2 is 1.93 bits per heavy atom. The van der Waals surface area contributed by atoms with Crippen LogP contribution in [0.2, 0.25) is 0 Å². The maximum absolute atomic E-state index is 13.3. The van der Waals surface area contributed by atoms with E-state index in [9.17, 15) is 9.18 Å². The van der Waals surface area contributed by atoms with Crippen molar-refractivity contribution in [2.45, 2.75) is 31.3 Å². The predicted octanol–water partition coefficient (Wildman–Crippen LogP) is 3.09. The fraction of sp³-hybridized carbons (Fsp3) is 0.238. The highest BCUT2D eigenvalue weighted by Crippen LogP contribution is 2.25. The Morgan fingerprint density at radius 3 is 2.73 bits per heavy atom. The van der Waals surface area contributed by atoms with Crippen LogP contribution in [-0.2, 0) is 0 Å². The lowest BCUT2D eigenvalue weighted by atomic mass is 10.2. The molecular formula is C21H20FN7O. The predicted molar refractivity (Wildman–Crippen MR) is 112 cm³/mol. The van der Waals surface area contributed by atoms with E-state index in [2.05, 4.69) is 30.6 Å². The molecule has 0 radical (unpaired) electrons.